The highest BCUT2D eigenvalue weighted by atomic mass is 19.4. The first-order chi connectivity index (χ1) is 11.8. The second-order valence-corrected chi connectivity index (χ2v) is 6.98. The Kier molecular flexibility index (Phi) is 7.05. The molecule has 0 aliphatic rings. The zero-order chi connectivity index (χ0) is 20.1. The van der Waals surface area contributed by atoms with E-state index in [0.717, 1.165) is 10.9 Å². The van der Waals surface area contributed by atoms with Crippen LogP contribution in [0.3, 0.4) is 0 Å². The van der Waals surface area contributed by atoms with Crippen LogP contribution in [0.4, 0.5) is 18.0 Å². The summed E-state index contributed by atoms with van der Waals surface area (Å²) >= 11 is 0. The van der Waals surface area contributed by atoms with E-state index < -0.39 is 41.1 Å². The van der Waals surface area contributed by atoms with Gasteiger partial charge >= 0.3 is 12.3 Å². The van der Waals surface area contributed by atoms with Crippen molar-refractivity contribution >= 4 is 12.0 Å². The van der Waals surface area contributed by atoms with Crippen molar-refractivity contribution in [3.8, 4) is 0 Å². The Labute approximate surface area is 150 Å². The van der Waals surface area contributed by atoms with Crippen LogP contribution in [0.5, 0.6) is 0 Å². The molecule has 7 nitrogen and oxygen atoms in total. The zero-order valence-electron chi connectivity index (χ0n) is 15.5. The Hall–Kier alpha value is -2.26. The summed E-state index contributed by atoms with van der Waals surface area (Å²) in [6, 6.07) is -0.536. The van der Waals surface area contributed by atoms with Gasteiger partial charge in [0.25, 0.3) is 5.91 Å². The van der Waals surface area contributed by atoms with E-state index in [2.05, 4.69) is 15.7 Å². The Morgan fingerprint density at radius 2 is 1.77 bits per heavy atom. The van der Waals surface area contributed by atoms with E-state index in [1.54, 1.807) is 34.6 Å². The summed E-state index contributed by atoms with van der Waals surface area (Å²) in [5.41, 5.74) is -2.22. The van der Waals surface area contributed by atoms with E-state index in [1.165, 1.54) is 0 Å². The minimum Gasteiger partial charge on any atom is -0.444 e. The van der Waals surface area contributed by atoms with E-state index in [-0.39, 0.29) is 13.1 Å². The number of aromatic nitrogens is 2. The van der Waals surface area contributed by atoms with Gasteiger partial charge in [-0.05, 0) is 41.0 Å². The number of alkyl halides is 3. The SMILES string of the molecule is CC(C)n1ncc(C(=O)NCCCNC(=O)OC(C)(C)C)c1C(F)(F)F. The molecule has 0 aliphatic heterocycles. The van der Waals surface area contributed by atoms with Gasteiger partial charge in [-0.1, -0.05) is 0 Å². The van der Waals surface area contributed by atoms with Crippen LogP contribution in [0, 0.1) is 0 Å². The second-order valence-electron chi connectivity index (χ2n) is 6.98. The molecule has 1 rings (SSSR count). The molecular formula is C16H25F3N4O3. The lowest BCUT2D eigenvalue weighted by atomic mass is 10.2. The topological polar surface area (TPSA) is 85.3 Å². The first-order valence-electron chi connectivity index (χ1n) is 8.22. The summed E-state index contributed by atoms with van der Waals surface area (Å²) in [5, 5.41) is 8.57. The Balaban J connectivity index is 2.56. The van der Waals surface area contributed by atoms with Gasteiger partial charge in [0.05, 0.1) is 11.8 Å². The van der Waals surface area contributed by atoms with Crippen molar-refractivity contribution in [2.24, 2.45) is 0 Å². The largest absolute Gasteiger partial charge is 0.444 e. The van der Waals surface area contributed by atoms with E-state index >= 15 is 0 Å². The maximum absolute atomic E-state index is 13.2. The number of rotatable bonds is 6. The molecule has 148 valence electrons. The van der Waals surface area contributed by atoms with Crippen LogP contribution in [0.2, 0.25) is 0 Å². The molecular weight excluding hydrogens is 353 g/mol. The predicted octanol–water partition coefficient (Wildman–Crippen LogP) is 3.13. The maximum Gasteiger partial charge on any atom is 0.433 e. The Morgan fingerprint density at radius 1 is 1.19 bits per heavy atom. The quantitative estimate of drug-likeness (QED) is 0.745. The van der Waals surface area contributed by atoms with Gasteiger partial charge in [0.15, 0.2) is 5.69 Å². The third-order valence-corrected chi connectivity index (χ3v) is 3.11. The smallest absolute Gasteiger partial charge is 0.433 e. The van der Waals surface area contributed by atoms with Crippen molar-refractivity contribution in [1.82, 2.24) is 20.4 Å². The normalized spacial score (nSPS) is 12.2. The van der Waals surface area contributed by atoms with Gasteiger partial charge in [0.1, 0.15) is 5.60 Å². The number of nitrogens with zero attached hydrogens (tertiary/aromatic N) is 2. The number of carbonyl (C=O) groups is 2. The lowest BCUT2D eigenvalue weighted by Crippen LogP contribution is -2.34. The molecule has 10 heteroatoms. The van der Waals surface area contributed by atoms with Crippen LogP contribution in [0.25, 0.3) is 0 Å². The van der Waals surface area contributed by atoms with E-state index in [9.17, 15) is 22.8 Å². The van der Waals surface area contributed by atoms with Gasteiger partial charge in [0.2, 0.25) is 0 Å². The summed E-state index contributed by atoms with van der Waals surface area (Å²) in [6.45, 7) is 8.58. The second kappa shape index (κ2) is 8.41. The summed E-state index contributed by atoms with van der Waals surface area (Å²) < 4.78 is 45.5. The summed E-state index contributed by atoms with van der Waals surface area (Å²) in [6.07, 6.45) is -4.03. The standard InChI is InChI=1S/C16H25F3N4O3/c1-10(2)23-12(16(17,18)19)11(9-22-23)13(24)20-7-6-8-21-14(25)26-15(3,4)5/h9-10H,6-8H2,1-5H3,(H,20,24)(H,21,25). The lowest BCUT2D eigenvalue weighted by Gasteiger charge is -2.19. The third kappa shape index (κ3) is 6.57. The minimum absolute atomic E-state index is 0.0960. The van der Waals surface area contributed by atoms with Crippen LogP contribution in [0.15, 0.2) is 6.20 Å². The van der Waals surface area contributed by atoms with Crippen LogP contribution >= 0.6 is 0 Å². The van der Waals surface area contributed by atoms with Gasteiger partial charge in [0, 0.05) is 19.1 Å². The lowest BCUT2D eigenvalue weighted by molar-refractivity contribution is -0.145. The van der Waals surface area contributed by atoms with Crippen molar-refractivity contribution in [2.45, 2.75) is 58.9 Å². The molecule has 1 aromatic rings. The molecule has 0 radical (unpaired) electrons. The van der Waals surface area contributed by atoms with Crippen molar-refractivity contribution < 1.29 is 27.5 Å². The fourth-order valence-corrected chi connectivity index (χ4v) is 2.09. The molecule has 0 spiro atoms. The van der Waals surface area contributed by atoms with Crippen molar-refractivity contribution in [3.63, 3.8) is 0 Å². The fourth-order valence-electron chi connectivity index (χ4n) is 2.09. The highest BCUT2D eigenvalue weighted by Gasteiger charge is 2.40. The number of carbonyl (C=O) groups excluding carboxylic acids is 2. The summed E-state index contributed by atoms with van der Waals surface area (Å²) in [4.78, 5) is 23.5. The minimum atomic E-state index is -4.69. The summed E-state index contributed by atoms with van der Waals surface area (Å²) in [7, 11) is 0. The highest BCUT2D eigenvalue weighted by Crippen LogP contribution is 2.33. The number of amides is 2. The van der Waals surface area contributed by atoms with E-state index in [1.807, 2.05) is 0 Å². The molecule has 0 aliphatic carbocycles. The van der Waals surface area contributed by atoms with E-state index in [0.29, 0.717) is 6.42 Å². The molecule has 0 saturated heterocycles. The molecule has 0 atom stereocenters. The maximum atomic E-state index is 13.2. The average molecular weight is 378 g/mol. The molecule has 0 bridgehead atoms. The average Bonchev–Trinajstić information content (AvgIpc) is 2.89. The molecule has 0 saturated carbocycles. The molecule has 2 amide bonds. The predicted molar refractivity (Wildman–Crippen MR) is 88.8 cm³/mol. The number of hydrogen-bond donors (Lipinski definition) is 2. The zero-order valence-corrected chi connectivity index (χ0v) is 15.5. The first kappa shape index (κ1) is 21.8. The number of alkyl carbamates (subject to hydrolysis) is 1. The fraction of sp³-hybridized carbons (Fsp3) is 0.688. The number of hydrogen-bond acceptors (Lipinski definition) is 4. The van der Waals surface area contributed by atoms with Crippen LogP contribution in [0.1, 0.15) is 63.1 Å². The van der Waals surface area contributed by atoms with Crippen LogP contribution < -0.4 is 10.6 Å². The Morgan fingerprint density at radius 3 is 2.27 bits per heavy atom. The Bertz CT molecular complexity index is 634. The van der Waals surface area contributed by atoms with Gasteiger partial charge in [-0.3, -0.25) is 9.48 Å². The van der Waals surface area contributed by atoms with Gasteiger partial charge in [-0.15, -0.1) is 0 Å². The third-order valence-electron chi connectivity index (χ3n) is 3.11. The first-order valence-corrected chi connectivity index (χ1v) is 8.22. The molecule has 0 aromatic carbocycles. The number of halogens is 3. The van der Waals surface area contributed by atoms with Gasteiger partial charge in [-0.25, -0.2) is 4.79 Å². The number of nitrogens with one attached hydrogen (secondary N) is 2. The highest BCUT2D eigenvalue weighted by molar-refractivity contribution is 5.95. The van der Waals surface area contributed by atoms with Crippen molar-refractivity contribution in [1.29, 1.82) is 0 Å². The van der Waals surface area contributed by atoms with Crippen LogP contribution in [-0.4, -0.2) is 40.5 Å². The summed E-state index contributed by atoms with van der Waals surface area (Å²) in [5.74, 6) is -0.860. The van der Waals surface area contributed by atoms with Crippen LogP contribution in [-0.2, 0) is 10.9 Å². The molecule has 1 heterocycles. The van der Waals surface area contributed by atoms with Gasteiger partial charge < -0.3 is 15.4 Å². The van der Waals surface area contributed by atoms with Crippen molar-refractivity contribution in [3.05, 3.63) is 17.5 Å². The molecule has 26 heavy (non-hydrogen) atoms. The molecule has 0 unspecified atom stereocenters. The molecule has 1 aromatic heterocycles. The number of ether oxygens (including phenoxy) is 1. The van der Waals surface area contributed by atoms with E-state index in [4.69, 9.17) is 4.74 Å². The van der Waals surface area contributed by atoms with Crippen molar-refractivity contribution in [2.75, 3.05) is 13.1 Å². The molecule has 2 N–H and O–H groups in total. The van der Waals surface area contributed by atoms with Gasteiger partial charge in [-0.2, -0.15) is 18.3 Å². The molecule has 0 fully saturated rings. The monoisotopic (exact) mass is 378 g/mol.